The number of hydrogen-bond acceptors (Lipinski definition) is 4. The molecule has 0 saturated carbocycles. The van der Waals surface area contributed by atoms with Crippen LogP contribution in [0.15, 0.2) is 17.5 Å². The van der Waals surface area contributed by atoms with Crippen molar-refractivity contribution in [2.45, 2.75) is 19.8 Å². The van der Waals surface area contributed by atoms with Crippen LogP contribution in [0.4, 0.5) is 0 Å². The molecular formula is C10H14N2OS. The minimum absolute atomic E-state index is 0.0389. The smallest absolute Gasteiger partial charge is 0.186 e. The van der Waals surface area contributed by atoms with Gasteiger partial charge < -0.3 is 5.73 Å². The second kappa shape index (κ2) is 5.02. The maximum Gasteiger partial charge on any atom is 0.186 e. The quantitative estimate of drug-likeness (QED) is 0.595. The highest BCUT2D eigenvalue weighted by molar-refractivity contribution is 7.09. The average molecular weight is 210 g/mol. The number of ketones is 1. The molecule has 0 spiro atoms. The van der Waals surface area contributed by atoms with Crippen molar-refractivity contribution in [3.8, 4) is 0 Å². The van der Waals surface area contributed by atoms with Crippen LogP contribution < -0.4 is 5.73 Å². The normalized spacial score (nSPS) is 10.1. The summed E-state index contributed by atoms with van der Waals surface area (Å²) in [6.45, 7) is 6.11. The summed E-state index contributed by atoms with van der Waals surface area (Å²) in [6.07, 6.45) is 1.12. The van der Waals surface area contributed by atoms with Crippen LogP contribution in [0.25, 0.3) is 0 Å². The largest absolute Gasteiger partial charge is 0.330 e. The van der Waals surface area contributed by atoms with Crippen LogP contribution in [0.3, 0.4) is 0 Å². The second-order valence-electron chi connectivity index (χ2n) is 3.22. The third-order valence-corrected chi connectivity index (χ3v) is 2.57. The minimum Gasteiger partial charge on any atom is -0.330 e. The van der Waals surface area contributed by atoms with Crippen molar-refractivity contribution >= 4 is 17.1 Å². The number of allylic oxidation sites excluding steroid dienone is 1. The SMILES string of the molecule is C=C(C)CC(=O)c1csc(CCN)n1. The van der Waals surface area contributed by atoms with Gasteiger partial charge in [-0.05, 0) is 13.5 Å². The molecule has 1 heterocycles. The molecule has 2 N–H and O–H groups in total. The topological polar surface area (TPSA) is 56.0 Å². The Morgan fingerprint density at radius 3 is 3.00 bits per heavy atom. The summed E-state index contributed by atoms with van der Waals surface area (Å²) < 4.78 is 0. The monoisotopic (exact) mass is 210 g/mol. The van der Waals surface area contributed by atoms with E-state index in [9.17, 15) is 4.79 Å². The summed E-state index contributed by atoms with van der Waals surface area (Å²) >= 11 is 1.49. The third kappa shape index (κ3) is 3.05. The molecule has 0 atom stereocenters. The molecule has 0 bridgehead atoms. The van der Waals surface area contributed by atoms with Crippen molar-refractivity contribution in [2.75, 3.05) is 6.54 Å². The first-order valence-electron chi connectivity index (χ1n) is 4.45. The number of thiazole rings is 1. The molecule has 1 aromatic rings. The van der Waals surface area contributed by atoms with Crippen LogP contribution in [0.1, 0.15) is 28.8 Å². The summed E-state index contributed by atoms with van der Waals surface area (Å²) in [6, 6.07) is 0. The van der Waals surface area contributed by atoms with Crippen LogP contribution in [0.2, 0.25) is 0 Å². The van der Waals surface area contributed by atoms with Crippen LogP contribution in [0.5, 0.6) is 0 Å². The first-order chi connectivity index (χ1) is 6.63. The fraction of sp³-hybridized carbons (Fsp3) is 0.400. The molecule has 3 nitrogen and oxygen atoms in total. The van der Waals surface area contributed by atoms with Crippen molar-refractivity contribution in [3.63, 3.8) is 0 Å². The first-order valence-corrected chi connectivity index (χ1v) is 5.33. The van der Waals surface area contributed by atoms with E-state index in [1.54, 1.807) is 5.38 Å². The zero-order chi connectivity index (χ0) is 10.6. The first kappa shape index (κ1) is 11.1. The summed E-state index contributed by atoms with van der Waals surface area (Å²) in [5.41, 5.74) is 6.80. The molecule has 0 aliphatic carbocycles. The molecule has 0 aliphatic rings. The minimum atomic E-state index is 0.0389. The Hall–Kier alpha value is -1.00. The fourth-order valence-electron chi connectivity index (χ4n) is 1.04. The lowest BCUT2D eigenvalue weighted by Gasteiger charge is -1.94. The lowest BCUT2D eigenvalue weighted by Crippen LogP contribution is -2.04. The summed E-state index contributed by atoms with van der Waals surface area (Å²) in [4.78, 5) is 15.7. The van der Waals surface area contributed by atoms with Crippen LogP contribution in [0, 0.1) is 0 Å². The van der Waals surface area contributed by atoms with Gasteiger partial charge in [0.1, 0.15) is 5.69 Å². The Morgan fingerprint density at radius 1 is 1.71 bits per heavy atom. The maximum absolute atomic E-state index is 11.5. The van der Waals surface area contributed by atoms with Crippen LogP contribution in [-0.4, -0.2) is 17.3 Å². The van der Waals surface area contributed by atoms with E-state index in [4.69, 9.17) is 5.73 Å². The van der Waals surface area contributed by atoms with Crippen molar-refractivity contribution in [3.05, 3.63) is 28.2 Å². The molecule has 1 rings (SSSR count). The zero-order valence-corrected chi connectivity index (χ0v) is 9.06. The van der Waals surface area contributed by atoms with Crippen LogP contribution in [-0.2, 0) is 6.42 Å². The summed E-state index contributed by atoms with van der Waals surface area (Å²) in [5.74, 6) is 0.0389. The molecule has 14 heavy (non-hydrogen) atoms. The molecule has 0 aromatic carbocycles. The Balaban J connectivity index is 2.66. The van der Waals surface area contributed by atoms with E-state index in [-0.39, 0.29) is 5.78 Å². The highest BCUT2D eigenvalue weighted by Gasteiger charge is 2.10. The molecule has 1 aromatic heterocycles. The molecule has 0 unspecified atom stereocenters. The molecule has 4 heteroatoms. The van der Waals surface area contributed by atoms with E-state index in [0.717, 1.165) is 17.0 Å². The Kier molecular flexibility index (Phi) is 3.98. The number of nitrogens with zero attached hydrogens (tertiary/aromatic N) is 1. The van der Waals surface area contributed by atoms with Crippen molar-refractivity contribution in [2.24, 2.45) is 5.73 Å². The number of Topliss-reactive ketones (excluding diaryl/α,β-unsaturated/α-hetero) is 1. The molecular weight excluding hydrogens is 196 g/mol. The fourth-order valence-corrected chi connectivity index (χ4v) is 1.86. The van der Waals surface area contributed by atoms with Gasteiger partial charge in [-0.1, -0.05) is 12.2 Å². The zero-order valence-electron chi connectivity index (χ0n) is 8.25. The third-order valence-electron chi connectivity index (χ3n) is 1.66. The number of carbonyl (C=O) groups excluding carboxylic acids is 1. The number of rotatable bonds is 5. The predicted octanol–water partition coefficient (Wildman–Crippen LogP) is 1.79. The van der Waals surface area contributed by atoms with Crippen molar-refractivity contribution in [1.29, 1.82) is 0 Å². The molecule has 0 amide bonds. The van der Waals surface area contributed by atoms with E-state index in [2.05, 4.69) is 11.6 Å². The predicted molar refractivity (Wildman–Crippen MR) is 58.6 cm³/mol. The van der Waals surface area contributed by atoms with Crippen molar-refractivity contribution < 1.29 is 4.79 Å². The van der Waals surface area contributed by atoms with E-state index in [1.807, 2.05) is 6.92 Å². The van der Waals surface area contributed by atoms with E-state index >= 15 is 0 Å². The van der Waals surface area contributed by atoms with E-state index in [0.29, 0.717) is 18.7 Å². The summed E-state index contributed by atoms with van der Waals surface area (Å²) in [5, 5.41) is 2.72. The van der Waals surface area contributed by atoms with E-state index in [1.165, 1.54) is 11.3 Å². The van der Waals surface area contributed by atoms with Gasteiger partial charge in [0.2, 0.25) is 0 Å². The highest BCUT2D eigenvalue weighted by atomic mass is 32.1. The standard InChI is InChI=1S/C10H14N2OS/c1-7(2)5-9(13)8-6-14-10(12-8)3-4-11/h6H,1,3-5,11H2,2H3. The van der Waals surface area contributed by atoms with Gasteiger partial charge in [-0.3, -0.25) is 4.79 Å². The Labute approximate surface area is 87.7 Å². The molecule has 0 aliphatic heterocycles. The number of nitrogens with two attached hydrogens (primary N) is 1. The van der Waals surface area contributed by atoms with Crippen LogP contribution >= 0.6 is 11.3 Å². The van der Waals surface area contributed by atoms with E-state index < -0.39 is 0 Å². The highest BCUT2D eigenvalue weighted by Crippen LogP contribution is 2.13. The van der Waals surface area contributed by atoms with Gasteiger partial charge in [0.25, 0.3) is 0 Å². The molecule has 76 valence electrons. The second-order valence-corrected chi connectivity index (χ2v) is 4.16. The maximum atomic E-state index is 11.5. The van der Waals surface area contributed by atoms with Crippen molar-refractivity contribution in [1.82, 2.24) is 4.98 Å². The molecule has 0 saturated heterocycles. The Morgan fingerprint density at radius 2 is 2.43 bits per heavy atom. The van der Waals surface area contributed by atoms with Gasteiger partial charge in [0, 0.05) is 18.2 Å². The average Bonchev–Trinajstić information content (AvgIpc) is 2.52. The Bertz CT molecular complexity index is 344. The van der Waals surface area contributed by atoms with Gasteiger partial charge in [-0.2, -0.15) is 0 Å². The summed E-state index contributed by atoms with van der Waals surface area (Å²) in [7, 11) is 0. The number of carbonyl (C=O) groups is 1. The lowest BCUT2D eigenvalue weighted by molar-refractivity contribution is 0.0989. The van der Waals surface area contributed by atoms with Gasteiger partial charge in [0.15, 0.2) is 5.78 Å². The van der Waals surface area contributed by atoms with Gasteiger partial charge >= 0.3 is 0 Å². The number of aromatic nitrogens is 1. The number of hydrogen-bond donors (Lipinski definition) is 1. The van der Waals surface area contributed by atoms with Gasteiger partial charge in [-0.15, -0.1) is 11.3 Å². The molecule has 0 radical (unpaired) electrons. The van der Waals surface area contributed by atoms with Gasteiger partial charge in [0.05, 0.1) is 5.01 Å². The lowest BCUT2D eigenvalue weighted by atomic mass is 10.1. The van der Waals surface area contributed by atoms with Gasteiger partial charge in [-0.25, -0.2) is 4.98 Å². The molecule has 0 fully saturated rings.